The molecule has 2 aliphatic heterocycles. The zero-order valence-electron chi connectivity index (χ0n) is 21.5. The van der Waals surface area contributed by atoms with Gasteiger partial charge in [0.05, 0.1) is 12.6 Å². The summed E-state index contributed by atoms with van der Waals surface area (Å²) in [4.78, 5) is 26.5. The van der Waals surface area contributed by atoms with Gasteiger partial charge in [0.15, 0.2) is 0 Å². The summed E-state index contributed by atoms with van der Waals surface area (Å²) < 4.78 is 0. The molecule has 1 saturated heterocycles. The van der Waals surface area contributed by atoms with Crippen LogP contribution in [0.4, 0.5) is 5.69 Å². The van der Waals surface area contributed by atoms with Crippen molar-refractivity contribution in [1.29, 1.82) is 0 Å². The van der Waals surface area contributed by atoms with Crippen LogP contribution in [0, 0.1) is 0 Å². The van der Waals surface area contributed by atoms with Crippen molar-refractivity contribution in [3.05, 3.63) is 52.5 Å². The summed E-state index contributed by atoms with van der Waals surface area (Å²) in [5.41, 5.74) is 9.34. The second-order valence-electron chi connectivity index (χ2n) is 9.02. The smallest absolute Gasteiger partial charge is 0.276 e. The highest BCUT2D eigenvalue weighted by Crippen LogP contribution is 2.34. The molecule has 0 aromatic heterocycles. The third-order valence-corrected chi connectivity index (χ3v) is 7.40. The number of hydrogen-bond donors (Lipinski definition) is 2. The number of amides is 1. The van der Waals surface area contributed by atoms with Crippen molar-refractivity contribution in [1.82, 2.24) is 10.4 Å². The molecule has 1 aromatic carbocycles. The molecule has 8 heteroatoms. The van der Waals surface area contributed by atoms with E-state index in [2.05, 4.69) is 5.43 Å². The Bertz CT molecular complexity index is 868. The summed E-state index contributed by atoms with van der Waals surface area (Å²) in [7, 11) is 0. The molecule has 0 spiro atoms. The van der Waals surface area contributed by atoms with Crippen LogP contribution in [0.5, 0.6) is 0 Å². The van der Waals surface area contributed by atoms with Gasteiger partial charge in [0.1, 0.15) is 17.5 Å². The molecule has 1 aliphatic carbocycles. The molecule has 1 aromatic rings. The average Bonchev–Trinajstić information content (AvgIpc) is 3.11. The number of halogens is 1. The maximum absolute atomic E-state index is 13.1. The molecule has 35 heavy (non-hydrogen) atoms. The van der Waals surface area contributed by atoms with Crippen LogP contribution in [0.2, 0.25) is 5.02 Å². The van der Waals surface area contributed by atoms with E-state index in [0.717, 1.165) is 12.0 Å². The molecule has 2 fully saturated rings. The fourth-order valence-electron chi connectivity index (χ4n) is 4.39. The lowest BCUT2D eigenvalue weighted by molar-refractivity contribution is -0.124. The van der Waals surface area contributed by atoms with E-state index in [9.17, 15) is 9.59 Å². The number of carbonyl (C=O) groups is 2. The molecule has 3 aliphatic rings. The number of nitrogens with two attached hydrogens (primary N) is 1. The Morgan fingerprint density at radius 1 is 1.17 bits per heavy atom. The fourth-order valence-corrected chi connectivity index (χ4v) is 5.19. The van der Waals surface area contributed by atoms with Gasteiger partial charge in [0.25, 0.3) is 5.91 Å². The summed E-state index contributed by atoms with van der Waals surface area (Å²) in [5.74, 6) is 0.630. The fraction of sp³-hybridized carbons (Fsp3) is 0.556. The molecule has 6 nitrogen and oxygen atoms in total. The van der Waals surface area contributed by atoms with E-state index in [0.29, 0.717) is 29.0 Å². The van der Waals surface area contributed by atoms with Crippen LogP contribution in [0.25, 0.3) is 0 Å². The van der Waals surface area contributed by atoms with E-state index >= 15 is 0 Å². The van der Waals surface area contributed by atoms with Crippen molar-refractivity contribution >= 4 is 41.2 Å². The Kier molecular flexibility index (Phi) is 12.3. The second-order valence-corrected chi connectivity index (χ2v) is 10.4. The van der Waals surface area contributed by atoms with Crippen molar-refractivity contribution < 1.29 is 9.59 Å². The molecular formula is C27H41ClN4O2S. The Morgan fingerprint density at radius 2 is 1.80 bits per heavy atom. The number of carbonyl (C=O) groups excluding carboxylic acids is 2. The highest BCUT2D eigenvalue weighted by Gasteiger charge is 2.47. The van der Waals surface area contributed by atoms with Crippen LogP contribution < -0.4 is 16.1 Å². The van der Waals surface area contributed by atoms with E-state index in [-0.39, 0.29) is 11.9 Å². The normalized spacial score (nSPS) is 24.6. The van der Waals surface area contributed by atoms with Gasteiger partial charge in [-0.1, -0.05) is 57.2 Å². The molecule has 2 unspecified atom stereocenters. The molecule has 3 N–H and O–H groups in total. The van der Waals surface area contributed by atoms with E-state index in [1.165, 1.54) is 38.5 Å². The number of rotatable bonds is 5. The summed E-state index contributed by atoms with van der Waals surface area (Å²) in [6, 6.07) is 7.55. The average molecular weight is 521 g/mol. The standard InChI is InChI=1S/C18H20ClN3O2S.C7H15N.C2H6/c1-3-8-25-10-14-9-16-17(24)22(15-6-4-13(19)5-7-15)18(2,12-23)11-21(16)20-14;8-7-5-3-1-2-4-6-7;1-2/h3-9,12,14,20H,10-11H2,1-2H3;7H,1-6,8H2;1-2H3/b8-3-;;. The van der Waals surface area contributed by atoms with Crippen LogP contribution in [-0.2, 0) is 9.59 Å². The first-order valence-electron chi connectivity index (χ1n) is 12.7. The zero-order valence-corrected chi connectivity index (χ0v) is 23.1. The molecule has 2 atom stereocenters. The highest BCUT2D eigenvalue weighted by molar-refractivity contribution is 8.02. The van der Waals surface area contributed by atoms with Crippen molar-refractivity contribution in [2.45, 2.75) is 83.8 Å². The lowest BCUT2D eigenvalue weighted by Crippen LogP contribution is -2.65. The topological polar surface area (TPSA) is 78.7 Å². The molecule has 194 valence electrons. The Balaban J connectivity index is 0.000000363. The number of piperazine rings is 1. The van der Waals surface area contributed by atoms with Gasteiger partial charge in [-0.3, -0.25) is 9.69 Å². The SMILES string of the molecule is C/C=C\SCC1C=C2C(=O)N(c3ccc(Cl)cc3)C(C)(C=O)CN2N1.CC.NC1CCCCCC1. The highest BCUT2D eigenvalue weighted by atomic mass is 35.5. The second kappa shape index (κ2) is 14.7. The third kappa shape index (κ3) is 8.10. The molecule has 4 rings (SSSR count). The van der Waals surface area contributed by atoms with Crippen molar-refractivity contribution in [3.8, 4) is 0 Å². The number of benzene rings is 1. The summed E-state index contributed by atoms with van der Waals surface area (Å²) >= 11 is 7.63. The third-order valence-electron chi connectivity index (χ3n) is 6.13. The first kappa shape index (κ1) is 29.4. The zero-order chi connectivity index (χ0) is 25.8. The largest absolute Gasteiger partial charge is 0.328 e. The molecule has 0 bridgehead atoms. The van der Waals surface area contributed by atoms with Gasteiger partial charge < -0.3 is 15.5 Å². The van der Waals surface area contributed by atoms with Gasteiger partial charge in [-0.05, 0) is 62.4 Å². The number of fused-ring (bicyclic) bond motifs is 1. The summed E-state index contributed by atoms with van der Waals surface area (Å²) in [6.07, 6.45) is 12.8. The lowest BCUT2D eigenvalue weighted by Gasteiger charge is -2.45. The monoisotopic (exact) mass is 520 g/mol. The molecule has 0 radical (unpaired) electrons. The molecule has 2 heterocycles. The number of hydrogen-bond acceptors (Lipinski definition) is 6. The minimum Gasteiger partial charge on any atom is -0.328 e. The van der Waals surface area contributed by atoms with Gasteiger partial charge in [0.2, 0.25) is 0 Å². The number of anilines is 1. The Labute approximate surface area is 220 Å². The minimum atomic E-state index is -0.958. The van der Waals surface area contributed by atoms with E-state index < -0.39 is 5.54 Å². The summed E-state index contributed by atoms with van der Waals surface area (Å²) in [6.45, 7) is 8.13. The quantitative estimate of drug-likeness (QED) is 0.384. The summed E-state index contributed by atoms with van der Waals surface area (Å²) in [5, 5.41) is 4.41. The van der Waals surface area contributed by atoms with Crippen LogP contribution in [-0.4, -0.2) is 47.1 Å². The van der Waals surface area contributed by atoms with Crippen molar-refractivity contribution in [2.75, 3.05) is 17.2 Å². The number of allylic oxidation sites excluding steroid dienone is 1. The Morgan fingerprint density at radius 3 is 2.37 bits per heavy atom. The maximum atomic E-state index is 13.1. The predicted molar refractivity (Wildman–Crippen MR) is 149 cm³/mol. The van der Waals surface area contributed by atoms with E-state index in [1.54, 1.807) is 52.9 Å². The van der Waals surface area contributed by atoms with Crippen molar-refractivity contribution in [2.24, 2.45) is 5.73 Å². The number of thioether (sulfide) groups is 1. The van der Waals surface area contributed by atoms with E-state index in [4.69, 9.17) is 17.3 Å². The maximum Gasteiger partial charge on any atom is 0.276 e. The number of aldehydes is 1. The molecular weight excluding hydrogens is 480 g/mol. The first-order valence-corrected chi connectivity index (χ1v) is 14.1. The van der Waals surface area contributed by atoms with Crippen LogP contribution >= 0.6 is 23.4 Å². The first-order chi connectivity index (χ1) is 16.9. The predicted octanol–water partition coefficient (Wildman–Crippen LogP) is 5.68. The number of nitrogens with zero attached hydrogens (tertiary/aromatic N) is 2. The van der Waals surface area contributed by atoms with Crippen LogP contribution in [0.1, 0.15) is 66.2 Å². The number of nitrogens with one attached hydrogen (secondary N) is 1. The molecule has 1 saturated carbocycles. The van der Waals surface area contributed by atoms with Gasteiger partial charge in [0, 0.05) is 22.5 Å². The molecule has 1 amide bonds. The van der Waals surface area contributed by atoms with E-state index in [1.807, 2.05) is 38.3 Å². The van der Waals surface area contributed by atoms with Gasteiger partial charge in [-0.2, -0.15) is 0 Å². The lowest BCUT2D eigenvalue weighted by atomic mass is 9.96. The van der Waals surface area contributed by atoms with Gasteiger partial charge in [-0.15, -0.1) is 11.8 Å². The van der Waals surface area contributed by atoms with Crippen LogP contribution in [0.15, 0.2) is 47.5 Å². The minimum absolute atomic E-state index is 0.0567. The Hall–Kier alpha value is -1.80. The van der Waals surface area contributed by atoms with Gasteiger partial charge in [-0.25, -0.2) is 5.43 Å². The number of hydrazine groups is 1. The van der Waals surface area contributed by atoms with Gasteiger partial charge >= 0.3 is 0 Å². The van der Waals surface area contributed by atoms with Crippen LogP contribution in [0.3, 0.4) is 0 Å². The van der Waals surface area contributed by atoms with Crippen molar-refractivity contribution in [3.63, 3.8) is 0 Å².